The van der Waals surface area contributed by atoms with Crippen LogP contribution in [0.15, 0.2) is 82.5 Å². The molecule has 30 heavy (non-hydrogen) atoms. The van der Waals surface area contributed by atoms with E-state index < -0.39 is 29.5 Å². The minimum atomic E-state index is -0.668. The lowest BCUT2D eigenvalue weighted by Crippen LogP contribution is -2.42. The Hall–Kier alpha value is -4.07. The van der Waals surface area contributed by atoms with Crippen LogP contribution in [0.25, 0.3) is 11.0 Å². The van der Waals surface area contributed by atoms with Crippen LogP contribution in [0.2, 0.25) is 0 Å². The van der Waals surface area contributed by atoms with Crippen molar-refractivity contribution in [3.05, 3.63) is 105 Å². The molecule has 4 aromatic rings. The second-order valence-corrected chi connectivity index (χ2v) is 6.65. The molecule has 1 N–H and O–H groups in total. The van der Waals surface area contributed by atoms with Gasteiger partial charge in [-0.15, -0.1) is 0 Å². The normalized spacial score (nSPS) is 10.8. The van der Waals surface area contributed by atoms with Crippen molar-refractivity contribution in [1.29, 1.82) is 0 Å². The SMILES string of the molecule is O=C(Cn1c(=O)n(Cc2ccccc2)c(=O)c2cccnc21)Nc1ccccc1F. The highest BCUT2D eigenvalue weighted by Gasteiger charge is 2.17. The smallest absolute Gasteiger partial charge is 0.322 e. The van der Waals surface area contributed by atoms with Crippen molar-refractivity contribution in [2.45, 2.75) is 13.1 Å². The first-order valence-corrected chi connectivity index (χ1v) is 9.21. The molecule has 0 spiro atoms. The second-order valence-electron chi connectivity index (χ2n) is 6.65. The summed E-state index contributed by atoms with van der Waals surface area (Å²) in [5, 5.41) is 2.66. The molecule has 0 saturated carbocycles. The van der Waals surface area contributed by atoms with Gasteiger partial charge in [-0.2, -0.15) is 0 Å². The Kier molecular flexibility index (Phi) is 5.21. The van der Waals surface area contributed by atoms with Gasteiger partial charge >= 0.3 is 5.69 Å². The van der Waals surface area contributed by atoms with Crippen molar-refractivity contribution in [3.8, 4) is 0 Å². The maximum Gasteiger partial charge on any atom is 0.333 e. The summed E-state index contributed by atoms with van der Waals surface area (Å²) in [6.07, 6.45) is 1.44. The molecule has 0 aliphatic carbocycles. The molecule has 4 rings (SSSR count). The summed E-state index contributed by atoms with van der Waals surface area (Å²) in [6.45, 7) is -0.367. The molecule has 0 atom stereocenters. The molecule has 150 valence electrons. The first-order valence-electron chi connectivity index (χ1n) is 9.21. The molecule has 0 bridgehead atoms. The number of nitrogens with one attached hydrogen (secondary N) is 1. The van der Waals surface area contributed by atoms with Crippen molar-refractivity contribution in [3.63, 3.8) is 0 Å². The molecular formula is C22H17FN4O3. The first-order chi connectivity index (χ1) is 14.5. The molecule has 0 unspecified atom stereocenters. The van der Waals surface area contributed by atoms with E-state index in [4.69, 9.17) is 0 Å². The highest BCUT2D eigenvalue weighted by molar-refractivity contribution is 5.91. The number of anilines is 1. The molecule has 2 heterocycles. The van der Waals surface area contributed by atoms with Crippen molar-refractivity contribution in [2.24, 2.45) is 0 Å². The van der Waals surface area contributed by atoms with Crippen LogP contribution in [0.5, 0.6) is 0 Å². The third-order valence-corrected chi connectivity index (χ3v) is 4.61. The Bertz CT molecular complexity index is 1350. The van der Waals surface area contributed by atoms with Gasteiger partial charge in [0.25, 0.3) is 5.56 Å². The highest BCUT2D eigenvalue weighted by atomic mass is 19.1. The minimum absolute atomic E-state index is 0.00502. The molecular weight excluding hydrogens is 387 g/mol. The molecule has 0 fully saturated rings. The summed E-state index contributed by atoms with van der Waals surface area (Å²) in [5.41, 5.74) is -0.287. The van der Waals surface area contributed by atoms with E-state index >= 15 is 0 Å². The number of halogens is 1. The fourth-order valence-corrected chi connectivity index (χ4v) is 3.19. The molecule has 0 aliphatic rings. The Morgan fingerprint density at radius 2 is 1.67 bits per heavy atom. The number of carbonyl (C=O) groups is 1. The average Bonchev–Trinajstić information content (AvgIpc) is 2.76. The number of para-hydroxylation sites is 1. The van der Waals surface area contributed by atoms with E-state index in [1.165, 1.54) is 24.4 Å². The predicted molar refractivity (Wildman–Crippen MR) is 111 cm³/mol. The van der Waals surface area contributed by atoms with Crippen LogP contribution in [0, 0.1) is 5.82 Å². The molecule has 0 aliphatic heterocycles. The van der Waals surface area contributed by atoms with Gasteiger partial charge in [0, 0.05) is 6.20 Å². The molecule has 0 saturated heterocycles. The van der Waals surface area contributed by atoms with Crippen LogP contribution < -0.4 is 16.6 Å². The Labute approximate surface area is 170 Å². The van der Waals surface area contributed by atoms with E-state index in [0.717, 1.165) is 14.7 Å². The topological polar surface area (TPSA) is 86.0 Å². The van der Waals surface area contributed by atoms with Crippen molar-refractivity contribution in [1.82, 2.24) is 14.1 Å². The predicted octanol–water partition coefficient (Wildman–Crippen LogP) is 2.38. The molecule has 2 aromatic heterocycles. The zero-order chi connectivity index (χ0) is 21.1. The van der Waals surface area contributed by atoms with Crippen molar-refractivity contribution < 1.29 is 9.18 Å². The lowest BCUT2D eigenvalue weighted by atomic mass is 10.2. The standard InChI is InChI=1S/C22H17FN4O3/c23-17-10-4-5-11-18(17)25-19(28)14-26-20-16(9-6-12-24-20)21(29)27(22(26)30)13-15-7-2-1-3-8-15/h1-12H,13-14H2,(H,25,28). The summed E-state index contributed by atoms with van der Waals surface area (Å²) in [5.74, 6) is -1.20. The van der Waals surface area contributed by atoms with Gasteiger partial charge in [-0.1, -0.05) is 42.5 Å². The van der Waals surface area contributed by atoms with Gasteiger partial charge < -0.3 is 5.32 Å². The van der Waals surface area contributed by atoms with Gasteiger partial charge in [-0.05, 0) is 29.8 Å². The van der Waals surface area contributed by atoms with Crippen LogP contribution in [0.3, 0.4) is 0 Å². The summed E-state index contributed by atoms with van der Waals surface area (Å²) < 4.78 is 16.0. The van der Waals surface area contributed by atoms with E-state index in [2.05, 4.69) is 10.3 Å². The Morgan fingerprint density at radius 1 is 0.933 bits per heavy atom. The van der Waals surface area contributed by atoms with Crippen LogP contribution >= 0.6 is 0 Å². The first kappa shape index (κ1) is 19.3. The van der Waals surface area contributed by atoms with Crippen molar-refractivity contribution in [2.75, 3.05) is 5.32 Å². The number of carbonyl (C=O) groups excluding carboxylic acids is 1. The lowest BCUT2D eigenvalue weighted by molar-refractivity contribution is -0.116. The van der Waals surface area contributed by atoms with Crippen LogP contribution in [0.1, 0.15) is 5.56 Å². The maximum atomic E-state index is 13.8. The Morgan fingerprint density at radius 3 is 2.43 bits per heavy atom. The number of hydrogen-bond acceptors (Lipinski definition) is 4. The third-order valence-electron chi connectivity index (χ3n) is 4.61. The number of amides is 1. The molecule has 7 nitrogen and oxygen atoms in total. The summed E-state index contributed by atoms with van der Waals surface area (Å²) in [7, 11) is 0. The number of benzene rings is 2. The molecule has 1 amide bonds. The fourth-order valence-electron chi connectivity index (χ4n) is 3.19. The van der Waals surface area contributed by atoms with Crippen molar-refractivity contribution >= 4 is 22.6 Å². The Balaban J connectivity index is 1.77. The van der Waals surface area contributed by atoms with Crippen LogP contribution in [0.4, 0.5) is 10.1 Å². The summed E-state index contributed by atoms with van der Waals surface area (Å²) >= 11 is 0. The minimum Gasteiger partial charge on any atom is -0.322 e. The number of hydrogen-bond donors (Lipinski definition) is 1. The van der Waals surface area contributed by atoms with Crippen LogP contribution in [-0.2, 0) is 17.9 Å². The van der Waals surface area contributed by atoms with Gasteiger partial charge in [-0.3, -0.25) is 18.7 Å². The van der Waals surface area contributed by atoms with E-state index in [1.807, 2.05) is 18.2 Å². The van der Waals surface area contributed by atoms with Crippen LogP contribution in [-0.4, -0.2) is 20.0 Å². The number of rotatable bonds is 5. The maximum absolute atomic E-state index is 13.8. The largest absolute Gasteiger partial charge is 0.333 e. The van der Waals surface area contributed by atoms with Gasteiger partial charge in [0.2, 0.25) is 5.91 Å². The zero-order valence-corrected chi connectivity index (χ0v) is 15.8. The number of pyridine rings is 1. The van der Waals surface area contributed by atoms with E-state index in [-0.39, 0.29) is 23.3 Å². The van der Waals surface area contributed by atoms with E-state index in [1.54, 1.807) is 30.3 Å². The highest BCUT2D eigenvalue weighted by Crippen LogP contribution is 2.13. The summed E-state index contributed by atoms with van der Waals surface area (Å²) in [4.78, 5) is 42.6. The van der Waals surface area contributed by atoms with E-state index in [0.29, 0.717) is 0 Å². The number of aromatic nitrogens is 3. The molecule has 8 heteroatoms. The third kappa shape index (κ3) is 3.75. The average molecular weight is 404 g/mol. The molecule has 2 aromatic carbocycles. The van der Waals surface area contributed by atoms with Gasteiger partial charge in [0.1, 0.15) is 18.0 Å². The van der Waals surface area contributed by atoms with E-state index in [9.17, 15) is 18.8 Å². The van der Waals surface area contributed by atoms with Gasteiger partial charge in [0.05, 0.1) is 17.6 Å². The second kappa shape index (κ2) is 8.12. The quantitative estimate of drug-likeness (QED) is 0.553. The molecule has 0 radical (unpaired) electrons. The van der Waals surface area contributed by atoms with Gasteiger partial charge in [0.15, 0.2) is 0 Å². The van der Waals surface area contributed by atoms with Gasteiger partial charge in [-0.25, -0.2) is 14.2 Å². The number of nitrogens with zero attached hydrogens (tertiary/aromatic N) is 3. The monoisotopic (exact) mass is 404 g/mol. The fraction of sp³-hybridized carbons (Fsp3) is 0.0909. The summed E-state index contributed by atoms with van der Waals surface area (Å²) in [6, 6.07) is 17.9. The zero-order valence-electron chi connectivity index (χ0n) is 15.8. The number of fused-ring (bicyclic) bond motifs is 1. The lowest BCUT2D eigenvalue weighted by Gasteiger charge is -2.13.